The summed E-state index contributed by atoms with van der Waals surface area (Å²) in [6, 6.07) is 0. The molecular formula is C15H18N2O3S. The van der Waals surface area contributed by atoms with Crippen molar-refractivity contribution in [1.29, 1.82) is 0 Å². The average Bonchev–Trinajstić information content (AvgIpc) is 2.79. The first kappa shape index (κ1) is 15.4. The number of carboxylic acids is 1. The minimum Gasteiger partial charge on any atom is -0.481 e. The number of hydrogen-bond acceptors (Lipinski definition) is 4. The van der Waals surface area contributed by atoms with Gasteiger partial charge in [0.15, 0.2) is 0 Å². The molecule has 2 heterocycles. The van der Waals surface area contributed by atoms with Crippen LogP contribution in [0.1, 0.15) is 40.9 Å². The van der Waals surface area contributed by atoms with Crippen LogP contribution in [0.2, 0.25) is 0 Å². The summed E-state index contributed by atoms with van der Waals surface area (Å²) in [5.41, 5.74) is 3.63. The van der Waals surface area contributed by atoms with Crippen LogP contribution in [0, 0.1) is 20.8 Å². The molecule has 0 aliphatic heterocycles. The minimum atomic E-state index is -0.917. The third kappa shape index (κ3) is 2.90. The molecule has 0 spiro atoms. The predicted octanol–water partition coefficient (Wildman–Crippen LogP) is 2.47. The lowest BCUT2D eigenvalue weighted by Crippen LogP contribution is -2.29. The Hall–Kier alpha value is -1.95. The Morgan fingerprint density at radius 2 is 2.05 bits per heavy atom. The molecule has 6 heteroatoms. The quantitative estimate of drug-likeness (QED) is 0.942. The second-order valence-electron chi connectivity index (χ2n) is 5.20. The van der Waals surface area contributed by atoms with Gasteiger partial charge in [0.05, 0.1) is 12.5 Å². The summed E-state index contributed by atoms with van der Waals surface area (Å²) in [5.74, 6) is -1.60. The van der Waals surface area contributed by atoms with Gasteiger partial charge in [0.25, 0.3) is 0 Å². The number of rotatable bonds is 4. The molecule has 5 nitrogen and oxygen atoms in total. The molecule has 1 atom stereocenters. The fourth-order valence-corrected chi connectivity index (χ4v) is 3.32. The van der Waals surface area contributed by atoms with Crippen molar-refractivity contribution in [3.63, 3.8) is 0 Å². The van der Waals surface area contributed by atoms with Crippen LogP contribution < -0.4 is 5.69 Å². The molecule has 0 bridgehead atoms. The molecule has 1 N–H and O–H groups in total. The maximum atomic E-state index is 12.2. The highest BCUT2D eigenvalue weighted by atomic mass is 32.1. The van der Waals surface area contributed by atoms with Crippen molar-refractivity contribution >= 4 is 17.3 Å². The van der Waals surface area contributed by atoms with E-state index in [0.29, 0.717) is 23.5 Å². The van der Waals surface area contributed by atoms with Crippen molar-refractivity contribution in [2.75, 3.05) is 0 Å². The molecule has 0 radical (unpaired) electrons. The van der Waals surface area contributed by atoms with E-state index < -0.39 is 11.9 Å². The van der Waals surface area contributed by atoms with E-state index in [1.54, 1.807) is 36.7 Å². The zero-order chi connectivity index (χ0) is 15.7. The van der Waals surface area contributed by atoms with E-state index in [9.17, 15) is 14.7 Å². The monoisotopic (exact) mass is 306 g/mol. The van der Waals surface area contributed by atoms with Crippen LogP contribution in [0.3, 0.4) is 0 Å². The molecular weight excluding hydrogens is 288 g/mol. The number of aliphatic carboxylic acids is 1. The Morgan fingerprint density at radius 1 is 1.38 bits per heavy atom. The summed E-state index contributed by atoms with van der Waals surface area (Å²) in [6.07, 6.45) is 0. The molecule has 1 unspecified atom stereocenters. The van der Waals surface area contributed by atoms with Crippen LogP contribution in [-0.2, 0) is 11.3 Å². The van der Waals surface area contributed by atoms with E-state index in [0.717, 1.165) is 11.1 Å². The van der Waals surface area contributed by atoms with Crippen molar-refractivity contribution in [2.24, 2.45) is 0 Å². The summed E-state index contributed by atoms with van der Waals surface area (Å²) in [6.45, 7) is 7.50. The average molecular weight is 306 g/mol. The van der Waals surface area contributed by atoms with Crippen LogP contribution in [-0.4, -0.2) is 20.6 Å². The molecule has 0 fully saturated rings. The molecule has 0 aromatic carbocycles. The van der Waals surface area contributed by atoms with E-state index >= 15 is 0 Å². The lowest BCUT2D eigenvalue weighted by molar-refractivity contribution is -0.138. The first-order valence-corrected chi connectivity index (χ1v) is 7.59. The minimum absolute atomic E-state index is 0.336. The highest BCUT2D eigenvalue weighted by Crippen LogP contribution is 2.22. The molecule has 2 aromatic rings. The maximum Gasteiger partial charge on any atom is 0.348 e. The van der Waals surface area contributed by atoms with Crippen LogP contribution in [0.5, 0.6) is 0 Å². The normalized spacial score (nSPS) is 12.4. The van der Waals surface area contributed by atoms with Gasteiger partial charge in [0.1, 0.15) is 0 Å². The Bertz CT molecular complexity index is 746. The molecule has 0 aliphatic rings. The number of carbonyl (C=O) groups is 1. The SMILES string of the molecule is Cc1cscc1Cn1c(C)c(C(C)C(=O)O)c(C)nc1=O. The predicted molar refractivity (Wildman–Crippen MR) is 82.2 cm³/mol. The van der Waals surface area contributed by atoms with Crippen molar-refractivity contribution < 1.29 is 9.90 Å². The van der Waals surface area contributed by atoms with Crippen LogP contribution in [0.15, 0.2) is 15.6 Å². The Balaban J connectivity index is 2.57. The lowest BCUT2D eigenvalue weighted by atomic mass is 9.98. The summed E-state index contributed by atoms with van der Waals surface area (Å²) < 4.78 is 1.55. The first-order valence-electron chi connectivity index (χ1n) is 6.65. The summed E-state index contributed by atoms with van der Waals surface area (Å²) in [7, 11) is 0. The summed E-state index contributed by atoms with van der Waals surface area (Å²) in [4.78, 5) is 27.4. The third-order valence-electron chi connectivity index (χ3n) is 3.77. The van der Waals surface area contributed by atoms with E-state index in [1.807, 2.05) is 17.7 Å². The van der Waals surface area contributed by atoms with Crippen molar-refractivity contribution in [2.45, 2.75) is 40.2 Å². The fourth-order valence-electron chi connectivity index (χ4n) is 2.47. The van der Waals surface area contributed by atoms with E-state index in [-0.39, 0.29) is 5.69 Å². The third-order valence-corrected chi connectivity index (χ3v) is 4.68. The van der Waals surface area contributed by atoms with Gasteiger partial charge < -0.3 is 5.11 Å². The Morgan fingerprint density at radius 3 is 2.57 bits per heavy atom. The molecule has 0 aliphatic carbocycles. The standard InChI is InChI=1S/C15H18N2O3S/c1-8-6-21-7-12(8)5-17-11(4)13(9(2)14(18)19)10(3)16-15(17)20/h6-7,9H,5H2,1-4H3,(H,18,19). The second-order valence-corrected chi connectivity index (χ2v) is 5.95. The molecule has 112 valence electrons. The molecule has 0 amide bonds. The summed E-state index contributed by atoms with van der Waals surface area (Å²) in [5, 5.41) is 13.3. The zero-order valence-electron chi connectivity index (χ0n) is 12.5. The van der Waals surface area contributed by atoms with Gasteiger partial charge in [-0.15, -0.1) is 0 Å². The molecule has 0 saturated heterocycles. The number of aryl methyl sites for hydroxylation is 2. The van der Waals surface area contributed by atoms with Gasteiger partial charge in [-0.2, -0.15) is 16.3 Å². The highest BCUT2D eigenvalue weighted by Gasteiger charge is 2.22. The van der Waals surface area contributed by atoms with Crippen LogP contribution in [0.4, 0.5) is 0 Å². The van der Waals surface area contributed by atoms with E-state index in [1.165, 1.54) is 0 Å². The maximum absolute atomic E-state index is 12.2. The van der Waals surface area contributed by atoms with Gasteiger partial charge in [0, 0.05) is 17.0 Å². The molecule has 2 rings (SSSR count). The van der Waals surface area contributed by atoms with Gasteiger partial charge in [-0.05, 0) is 49.6 Å². The molecule has 2 aromatic heterocycles. The second kappa shape index (κ2) is 5.81. The van der Waals surface area contributed by atoms with Crippen molar-refractivity contribution in [1.82, 2.24) is 9.55 Å². The van der Waals surface area contributed by atoms with Gasteiger partial charge in [-0.1, -0.05) is 0 Å². The van der Waals surface area contributed by atoms with Gasteiger partial charge in [-0.25, -0.2) is 4.79 Å². The smallest absolute Gasteiger partial charge is 0.348 e. The van der Waals surface area contributed by atoms with Gasteiger partial charge >= 0.3 is 11.7 Å². The molecule has 0 saturated carbocycles. The van der Waals surface area contributed by atoms with E-state index in [4.69, 9.17) is 0 Å². The highest BCUT2D eigenvalue weighted by molar-refractivity contribution is 7.08. The van der Waals surface area contributed by atoms with Crippen LogP contribution >= 0.6 is 11.3 Å². The van der Waals surface area contributed by atoms with Gasteiger partial charge in [0.2, 0.25) is 0 Å². The topological polar surface area (TPSA) is 72.2 Å². The number of hydrogen-bond donors (Lipinski definition) is 1. The van der Waals surface area contributed by atoms with Crippen molar-refractivity contribution in [3.8, 4) is 0 Å². The number of aromatic nitrogens is 2. The van der Waals surface area contributed by atoms with Gasteiger partial charge in [-0.3, -0.25) is 9.36 Å². The Labute approximate surface area is 126 Å². The van der Waals surface area contributed by atoms with Crippen LogP contribution in [0.25, 0.3) is 0 Å². The number of carboxylic acid groups (broad SMARTS) is 1. The van der Waals surface area contributed by atoms with Crippen molar-refractivity contribution in [3.05, 3.63) is 49.3 Å². The largest absolute Gasteiger partial charge is 0.481 e. The molecule has 21 heavy (non-hydrogen) atoms. The van der Waals surface area contributed by atoms with E-state index in [2.05, 4.69) is 4.98 Å². The lowest BCUT2D eigenvalue weighted by Gasteiger charge is -2.18. The first-order chi connectivity index (χ1) is 9.82. The zero-order valence-corrected chi connectivity index (χ0v) is 13.3. The Kier molecular flexibility index (Phi) is 4.27. The number of nitrogens with zero attached hydrogens (tertiary/aromatic N) is 2. The number of thiophene rings is 1. The fraction of sp³-hybridized carbons (Fsp3) is 0.400. The summed E-state index contributed by atoms with van der Waals surface area (Å²) >= 11 is 1.59.